The predicted octanol–water partition coefficient (Wildman–Crippen LogP) is 4.67. The number of hydrogen-bond donors (Lipinski definition) is 1. The van der Waals surface area contributed by atoms with Gasteiger partial charge in [-0.2, -0.15) is 0 Å². The minimum Gasteiger partial charge on any atom is -0.497 e. The molecule has 0 atom stereocenters. The topological polar surface area (TPSA) is 21.3 Å². The third-order valence-corrected chi connectivity index (χ3v) is 4.60. The van der Waals surface area contributed by atoms with Gasteiger partial charge in [-0.3, -0.25) is 0 Å². The van der Waals surface area contributed by atoms with Crippen molar-refractivity contribution in [1.29, 1.82) is 0 Å². The first kappa shape index (κ1) is 14.0. The van der Waals surface area contributed by atoms with Crippen molar-refractivity contribution in [2.75, 3.05) is 12.4 Å². The molecule has 0 aromatic heterocycles. The molecule has 21 heavy (non-hydrogen) atoms. The smallest absolute Gasteiger partial charge is 0.118 e. The van der Waals surface area contributed by atoms with Gasteiger partial charge in [-0.05, 0) is 73.6 Å². The van der Waals surface area contributed by atoms with E-state index < -0.39 is 0 Å². The van der Waals surface area contributed by atoms with Crippen molar-refractivity contribution in [3.63, 3.8) is 0 Å². The summed E-state index contributed by atoms with van der Waals surface area (Å²) in [5.74, 6) is 1.61. The molecule has 1 aliphatic carbocycles. The van der Waals surface area contributed by atoms with Crippen molar-refractivity contribution < 1.29 is 4.74 Å². The summed E-state index contributed by atoms with van der Waals surface area (Å²) in [6.45, 7) is 4.32. The van der Waals surface area contributed by atoms with Crippen molar-refractivity contribution in [3.8, 4) is 5.75 Å². The number of hydrogen-bond acceptors (Lipinski definition) is 2. The van der Waals surface area contributed by atoms with E-state index in [0.29, 0.717) is 12.0 Å². The summed E-state index contributed by atoms with van der Waals surface area (Å²) >= 11 is 0. The first-order valence-corrected chi connectivity index (χ1v) is 7.63. The molecule has 1 saturated carbocycles. The van der Waals surface area contributed by atoms with Crippen molar-refractivity contribution in [1.82, 2.24) is 0 Å². The Morgan fingerprint density at radius 1 is 0.952 bits per heavy atom. The molecule has 1 N–H and O–H groups in total. The van der Waals surface area contributed by atoms with Gasteiger partial charge in [0.1, 0.15) is 5.75 Å². The number of nitrogens with one attached hydrogen (secondary N) is 1. The van der Waals surface area contributed by atoms with Gasteiger partial charge >= 0.3 is 0 Å². The Kier molecular flexibility index (Phi) is 3.87. The highest BCUT2D eigenvalue weighted by Gasteiger charge is 2.30. The van der Waals surface area contributed by atoms with Crippen molar-refractivity contribution in [2.45, 2.75) is 38.6 Å². The molecule has 1 fully saturated rings. The fourth-order valence-electron chi connectivity index (χ4n) is 2.95. The molecule has 0 heterocycles. The van der Waals surface area contributed by atoms with Crippen molar-refractivity contribution in [3.05, 3.63) is 59.2 Å². The fourth-order valence-corrected chi connectivity index (χ4v) is 2.95. The Balaban J connectivity index is 1.56. The van der Waals surface area contributed by atoms with Crippen molar-refractivity contribution in [2.24, 2.45) is 0 Å². The Hall–Kier alpha value is -1.96. The lowest BCUT2D eigenvalue weighted by molar-refractivity contribution is 0.373. The van der Waals surface area contributed by atoms with Crippen LogP contribution in [0.15, 0.2) is 42.5 Å². The van der Waals surface area contributed by atoms with E-state index >= 15 is 0 Å². The van der Waals surface area contributed by atoms with E-state index in [4.69, 9.17) is 4.74 Å². The van der Waals surface area contributed by atoms with Crippen LogP contribution >= 0.6 is 0 Å². The van der Waals surface area contributed by atoms with Crippen LogP contribution in [-0.2, 0) is 0 Å². The zero-order chi connectivity index (χ0) is 14.8. The third-order valence-electron chi connectivity index (χ3n) is 4.60. The number of rotatable bonds is 4. The van der Waals surface area contributed by atoms with Gasteiger partial charge in [0.05, 0.1) is 7.11 Å². The Bertz CT molecular complexity index is 612. The minimum atomic E-state index is 0.596. The molecule has 0 radical (unpaired) electrons. The van der Waals surface area contributed by atoms with Crippen LogP contribution in [0.1, 0.15) is 35.4 Å². The van der Waals surface area contributed by atoms with Crippen LogP contribution in [0.5, 0.6) is 5.75 Å². The van der Waals surface area contributed by atoms with Gasteiger partial charge < -0.3 is 10.1 Å². The maximum absolute atomic E-state index is 5.21. The molecule has 0 unspecified atom stereocenters. The summed E-state index contributed by atoms with van der Waals surface area (Å²) in [5.41, 5.74) is 5.38. The summed E-state index contributed by atoms with van der Waals surface area (Å²) in [6, 6.07) is 15.7. The SMILES string of the molecule is COc1ccc(C2CC(Nc3ccc(C)c(C)c3)C2)cc1. The molecule has 0 amide bonds. The maximum atomic E-state index is 5.21. The molecule has 2 heteroatoms. The predicted molar refractivity (Wildman–Crippen MR) is 88.3 cm³/mol. The third kappa shape index (κ3) is 3.05. The number of aryl methyl sites for hydroxylation is 2. The monoisotopic (exact) mass is 281 g/mol. The quantitative estimate of drug-likeness (QED) is 0.879. The van der Waals surface area contributed by atoms with Crippen LogP contribution in [0.4, 0.5) is 5.69 Å². The van der Waals surface area contributed by atoms with Crippen LogP contribution < -0.4 is 10.1 Å². The maximum Gasteiger partial charge on any atom is 0.118 e. The Morgan fingerprint density at radius 3 is 2.29 bits per heavy atom. The average Bonchev–Trinajstić information content (AvgIpc) is 2.46. The second kappa shape index (κ2) is 5.80. The number of methoxy groups -OCH3 is 1. The summed E-state index contributed by atoms with van der Waals surface area (Å²) in [6.07, 6.45) is 2.42. The molecule has 3 rings (SSSR count). The number of benzene rings is 2. The van der Waals surface area contributed by atoms with E-state index in [1.54, 1.807) is 7.11 Å². The highest BCUT2D eigenvalue weighted by atomic mass is 16.5. The lowest BCUT2D eigenvalue weighted by Crippen LogP contribution is -2.33. The van der Waals surface area contributed by atoms with E-state index in [1.807, 2.05) is 0 Å². The van der Waals surface area contributed by atoms with Crippen LogP contribution in [0.3, 0.4) is 0 Å². The Labute approximate surface area is 127 Å². The molecule has 110 valence electrons. The summed E-state index contributed by atoms with van der Waals surface area (Å²) in [5, 5.41) is 3.64. The summed E-state index contributed by atoms with van der Waals surface area (Å²) < 4.78 is 5.21. The molecule has 0 saturated heterocycles. The molecular formula is C19H23NO. The van der Waals surface area contributed by atoms with Gasteiger partial charge in [-0.25, -0.2) is 0 Å². The Morgan fingerprint density at radius 2 is 1.67 bits per heavy atom. The highest BCUT2D eigenvalue weighted by molar-refractivity contribution is 5.49. The van der Waals surface area contributed by atoms with Gasteiger partial charge in [0.2, 0.25) is 0 Å². The molecule has 0 aliphatic heterocycles. The van der Waals surface area contributed by atoms with E-state index in [0.717, 1.165) is 5.75 Å². The molecule has 2 nitrogen and oxygen atoms in total. The number of ether oxygens (including phenoxy) is 1. The van der Waals surface area contributed by atoms with Crippen LogP contribution in [0.2, 0.25) is 0 Å². The highest BCUT2D eigenvalue weighted by Crippen LogP contribution is 2.39. The lowest BCUT2D eigenvalue weighted by atomic mass is 9.76. The molecule has 2 aromatic carbocycles. The fraction of sp³-hybridized carbons (Fsp3) is 0.368. The van der Waals surface area contributed by atoms with Gasteiger partial charge in [-0.15, -0.1) is 0 Å². The largest absolute Gasteiger partial charge is 0.497 e. The van der Waals surface area contributed by atoms with Gasteiger partial charge in [0.25, 0.3) is 0 Å². The van der Waals surface area contributed by atoms with Gasteiger partial charge in [-0.1, -0.05) is 18.2 Å². The zero-order valence-corrected chi connectivity index (χ0v) is 13.0. The van der Waals surface area contributed by atoms with E-state index in [1.165, 1.54) is 35.2 Å². The van der Waals surface area contributed by atoms with Crippen molar-refractivity contribution >= 4 is 5.69 Å². The second-order valence-corrected chi connectivity index (χ2v) is 6.08. The summed E-state index contributed by atoms with van der Waals surface area (Å²) in [7, 11) is 1.71. The van der Waals surface area contributed by atoms with Crippen LogP contribution in [0, 0.1) is 13.8 Å². The average molecular weight is 281 g/mol. The minimum absolute atomic E-state index is 0.596. The number of anilines is 1. The first-order chi connectivity index (χ1) is 10.2. The van der Waals surface area contributed by atoms with E-state index in [2.05, 4.69) is 61.6 Å². The standard InChI is InChI=1S/C19H23NO/c1-13-4-7-17(10-14(13)2)20-18-11-16(12-18)15-5-8-19(21-3)9-6-15/h4-10,16,18,20H,11-12H2,1-3H3. The van der Waals surface area contributed by atoms with E-state index in [9.17, 15) is 0 Å². The van der Waals surface area contributed by atoms with Gasteiger partial charge in [0.15, 0.2) is 0 Å². The van der Waals surface area contributed by atoms with Crippen LogP contribution in [0.25, 0.3) is 0 Å². The molecule has 0 spiro atoms. The zero-order valence-electron chi connectivity index (χ0n) is 13.0. The first-order valence-electron chi connectivity index (χ1n) is 7.63. The van der Waals surface area contributed by atoms with Gasteiger partial charge in [0, 0.05) is 11.7 Å². The lowest BCUT2D eigenvalue weighted by Gasteiger charge is -2.37. The van der Waals surface area contributed by atoms with E-state index in [-0.39, 0.29) is 0 Å². The second-order valence-electron chi connectivity index (χ2n) is 6.08. The molecule has 2 aromatic rings. The normalized spacial score (nSPS) is 20.7. The molecular weight excluding hydrogens is 258 g/mol. The molecule has 0 bridgehead atoms. The molecule has 1 aliphatic rings. The van der Waals surface area contributed by atoms with Crippen LogP contribution in [-0.4, -0.2) is 13.2 Å². The summed E-state index contributed by atoms with van der Waals surface area (Å²) in [4.78, 5) is 0.